The molecule has 0 saturated carbocycles. The average molecular weight is 325 g/mol. The number of nitrogens with zero attached hydrogens (tertiary/aromatic N) is 1. The number of rotatable bonds is 6. The molecule has 0 radical (unpaired) electrons. The maximum Gasteiger partial charge on any atom is 0.308 e. The Morgan fingerprint density at radius 2 is 2.00 bits per heavy atom. The van der Waals surface area contributed by atoms with Crippen molar-refractivity contribution in [2.75, 3.05) is 13.2 Å². The highest BCUT2D eigenvalue weighted by Gasteiger charge is 2.48. The second kappa shape index (κ2) is 6.44. The summed E-state index contributed by atoms with van der Waals surface area (Å²) in [5, 5.41) is 11.7. The summed E-state index contributed by atoms with van der Waals surface area (Å²) in [7, 11) is 0. The zero-order valence-corrected chi connectivity index (χ0v) is 13.7. The van der Waals surface area contributed by atoms with Gasteiger partial charge in [-0.25, -0.2) is 0 Å². The molecule has 24 heavy (non-hydrogen) atoms. The fourth-order valence-corrected chi connectivity index (χ4v) is 4.47. The van der Waals surface area contributed by atoms with Crippen molar-refractivity contribution in [3.05, 3.63) is 42.5 Å². The highest BCUT2D eigenvalue weighted by atomic mass is 16.5. The molecule has 0 spiro atoms. The van der Waals surface area contributed by atoms with E-state index in [1.807, 2.05) is 24.3 Å². The molecule has 1 N–H and O–H groups in total. The van der Waals surface area contributed by atoms with E-state index in [9.17, 15) is 9.90 Å². The number of ether oxygens (including phenoxy) is 1. The van der Waals surface area contributed by atoms with Crippen molar-refractivity contribution >= 4 is 16.7 Å². The molecule has 2 aromatic carbocycles. The molecule has 4 heteroatoms. The summed E-state index contributed by atoms with van der Waals surface area (Å²) < 4.78 is 6.00. The third kappa shape index (κ3) is 2.75. The largest absolute Gasteiger partial charge is 0.493 e. The summed E-state index contributed by atoms with van der Waals surface area (Å²) in [6.07, 6.45) is 3.94. The molecule has 3 unspecified atom stereocenters. The minimum atomic E-state index is -0.626. The number of fused-ring (bicyclic) bond motifs is 3. The molecule has 0 amide bonds. The second-order valence-corrected chi connectivity index (χ2v) is 6.90. The molecule has 2 heterocycles. The van der Waals surface area contributed by atoms with E-state index in [4.69, 9.17) is 4.74 Å². The van der Waals surface area contributed by atoms with Crippen molar-refractivity contribution in [1.82, 2.24) is 4.90 Å². The Balaban J connectivity index is 1.33. The Morgan fingerprint density at radius 3 is 2.83 bits per heavy atom. The lowest BCUT2D eigenvalue weighted by molar-refractivity contribution is -0.142. The van der Waals surface area contributed by atoms with Gasteiger partial charge in [0.1, 0.15) is 5.75 Å². The first-order valence-electron chi connectivity index (χ1n) is 8.83. The Labute approximate surface area is 142 Å². The minimum Gasteiger partial charge on any atom is -0.493 e. The van der Waals surface area contributed by atoms with Crippen molar-refractivity contribution < 1.29 is 14.6 Å². The van der Waals surface area contributed by atoms with Crippen LogP contribution >= 0.6 is 0 Å². The van der Waals surface area contributed by atoms with Gasteiger partial charge in [0.15, 0.2) is 0 Å². The number of aliphatic carboxylic acids is 1. The minimum absolute atomic E-state index is 0.164. The first-order valence-corrected chi connectivity index (χ1v) is 8.83. The summed E-state index contributed by atoms with van der Waals surface area (Å²) in [4.78, 5) is 13.7. The lowest BCUT2D eigenvalue weighted by Gasteiger charge is -2.22. The van der Waals surface area contributed by atoms with Crippen LogP contribution in [0.3, 0.4) is 0 Å². The van der Waals surface area contributed by atoms with Gasteiger partial charge in [-0.3, -0.25) is 9.69 Å². The first-order chi connectivity index (χ1) is 11.7. The van der Waals surface area contributed by atoms with Crippen LogP contribution in [0.15, 0.2) is 42.5 Å². The van der Waals surface area contributed by atoms with Gasteiger partial charge in [-0.2, -0.15) is 0 Å². The molecular formula is C20H23NO3. The number of carboxylic acids is 1. The maximum absolute atomic E-state index is 11.3. The molecular weight excluding hydrogens is 302 g/mol. The zero-order valence-electron chi connectivity index (χ0n) is 13.7. The van der Waals surface area contributed by atoms with Crippen LogP contribution in [0.25, 0.3) is 10.8 Å². The standard InChI is InChI=1S/C20H23NO3/c22-20(23)17-13-15-9-10-18(17)21(15)11-4-12-24-19-8-3-6-14-5-1-2-7-16(14)19/h1-3,5-8,15,17-18H,4,9-13H2,(H,22,23). The van der Waals surface area contributed by atoms with E-state index >= 15 is 0 Å². The second-order valence-electron chi connectivity index (χ2n) is 6.90. The molecule has 4 rings (SSSR count). The van der Waals surface area contributed by atoms with Crippen LogP contribution in [-0.2, 0) is 4.79 Å². The fourth-order valence-electron chi connectivity index (χ4n) is 4.47. The van der Waals surface area contributed by atoms with Crippen molar-refractivity contribution in [3.8, 4) is 5.75 Å². The SMILES string of the molecule is O=C(O)C1CC2CCC1N2CCCOc1cccc2ccccc12. The van der Waals surface area contributed by atoms with E-state index in [0.717, 1.165) is 43.4 Å². The van der Waals surface area contributed by atoms with Gasteiger partial charge in [0, 0.05) is 24.0 Å². The van der Waals surface area contributed by atoms with E-state index in [1.54, 1.807) is 0 Å². The normalized spacial score (nSPS) is 26.1. The Bertz CT molecular complexity index is 739. The molecule has 0 aliphatic carbocycles. The zero-order chi connectivity index (χ0) is 16.5. The Hall–Kier alpha value is -2.07. The van der Waals surface area contributed by atoms with Crippen LogP contribution < -0.4 is 4.74 Å². The number of hydrogen-bond donors (Lipinski definition) is 1. The van der Waals surface area contributed by atoms with Crippen LogP contribution in [0, 0.1) is 5.92 Å². The lowest BCUT2D eigenvalue weighted by Crippen LogP contribution is -2.34. The van der Waals surface area contributed by atoms with Crippen molar-refractivity contribution in [3.63, 3.8) is 0 Å². The summed E-state index contributed by atoms with van der Waals surface area (Å²) in [5.74, 6) is 0.142. The predicted molar refractivity (Wildman–Crippen MR) is 93.3 cm³/mol. The van der Waals surface area contributed by atoms with Crippen LogP contribution in [0.1, 0.15) is 25.7 Å². The highest BCUT2D eigenvalue weighted by Crippen LogP contribution is 2.41. The van der Waals surface area contributed by atoms with Crippen LogP contribution in [0.2, 0.25) is 0 Å². The predicted octanol–water partition coefficient (Wildman–Crippen LogP) is 3.55. The molecule has 2 aromatic rings. The Kier molecular flexibility index (Phi) is 4.15. The van der Waals surface area contributed by atoms with Gasteiger partial charge in [0.05, 0.1) is 12.5 Å². The van der Waals surface area contributed by atoms with Crippen LogP contribution in [0.4, 0.5) is 0 Å². The Morgan fingerprint density at radius 1 is 1.17 bits per heavy atom. The molecule has 2 fully saturated rings. The van der Waals surface area contributed by atoms with E-state index in [0.29, 0.717) is 12.6 Å². The monoisotopic (exact) mass is 325 g/mol. The van der Waals surface area contributed by atoms with Crippen LogP contribution in [-0.4, -0.2) is 41.2 Å². The van der Waals surface area contributed by atoms with Gasteiger partial charge in [-0.1, -0.05) is 36.4 Å². The first kappa shape index (κ1) is 15.5. The van der Waals surface area contributed by atoms with Crippen LogP contribution in [0.5, 0.6) is 5.75 Å². The van der Waals surface area contributed by atoms with E-state index in [-0.39, 0.29) is 12.0 Å². The van der Waals surface area contributed by atoms with E-state index in [2.05, 4.69) is 23.1 Å². The maximum atomic E-state index is 11.3. The molecule has 2 bridgehead atoms. The topological polar surface area (TPSA) is 49.8 Å². The number of benzene rings is 2. The molecule has 126 valence electrons. The number of carboxylic acid groups (broad SMARTS) is 1. The van der Waals surface area contributed by atoms with Gasteiger partial charge in [0.25, 0.3) is 0 Å². The van der Waals surface area contributed by atoms with Crippen molar-refractivity contribution in [1.29, 1.82) is 0 Å². The molecule has 2 saturated heterocycles. The smallest absolute Gasteiger partial charge is 0.308 e. The molecule has 3 atom stereocenters. The summed E-state index contributed by atoms with van der Waals surface area (Å²) in [6.45, 7) is 1.60. The van der Waals surface area contributed by atoms with Gasteiger partial charge in [-0.05, 0) is 37.1 Å². The average Bonchev–Trinajstić information content (AvgIpc) is 3.16. The molecule has 4 nitrogen and oxygen atoms in total. The van der Waals surface area contributed by atoms with Crippen molar-refractivity contribution in [2.24, 2.45) is 5.92 Å². The third-order valence-electron chi connectivity index (χ3n) is 5.57. The molecule has 2 aliphatic rings. The van der Waals surface area contributed by atoms with Gasteiger partial charge < -0.3 is 9.84 Å². The number of carbonyl (C=O) groups is 1. The lowest BCUT2D eigenvalue weighted by atomic mass is 9.89. The third-order valence-corrected chi connectivity index (χ3v) is 5.57. The summed E-state index contributed by atoms with van der Waals surface area (Å²) >= 11 is 0. The summed E-state index contributed by atoms with van der Waals surface area (Å²) in [6, 6.07) is 15.1. The fraction of sp³-hybridized carbons (Fsp3) is 0.450. The van der Waals surface area contributed by atoms with Gasteiger partial charge >= 0.3 is 5.97 Å². The van der Waals surface area contributed by atoms with E-state index < -0.39 is 5.97 Å². The van der Waals surface area contributed by atoms with Gasteiger partial charge in [-0.15, -0.1) is 0 Å². The van der Waals surface area contributed by atoms with E-state index in [1.165, 1.54) is 5.39 Å². The molecule has 2 aliphatic heterocycles. The highest BCUT2D eigenvalue weighted by molar-refractivity contribution is 5.88. The quantitative estimate of drug-likeness (QED) is 0.825. The summed E-state index contributed by atoms with van der Waals surface area (Å²) in [5.41, 5.74) is 0. The van der Waals surface area contributed by atoms with Crippen molar-refractivity contribution in [2.45, 2.75) is 37.8 Å². The number of hydrogen-bond acceptors (Lipinski definition) is 3. The molecule has 0 aromatic heterocycles. The van der Waals surface area contributed by atoms with Gasteiger partial charge in [0.2, 0.25) is 0 Å².